The zero-order valence-electron chi connectivity index (χ0n) is 15.1. The summed E-state index contributed by atoms with van der Waals surface area (Å²) in [6.45, 7) is 3.75. The molecule has 4 nitrogen and oxygen atoms in total. The van der Waals surface area contributed by atoms with E-state index in [0.29, 0.717) is 11.6 Å². The lowest BCUT2D eigenvalue weighted by Gasteiger charge is -2.29. The fraction of sp³-hybridized carbons (Fsp3) is 0.238. The molecule has 0 saturated carbocycles. The van der Waals surface area contributed by atoms with Crippen molar-refractivity contribution in [2.75, 3.05) is 36.5 Å². The summed E-state index contributed by atoms with van der Waals surface area (Å²) in [5, 5.41) is 4.74. The maximum Gasteiger partial charge on any atom is 0.135 e. The van der Waals surface area contributed by atoms with Crippen LogP contribution < -0.4 is 10.2 Å². The fourth-order valence-electron chi connectivity index (χ4n) is 3.17. The summed E-state index contributed by atoms with van der Waals surface area (Å²) in [6, 6.07) is 15.6. The van der Waals surface area contributed by atoms with E-state index >= 15 is 0 Å². The first-order chi connectivity index (χ1) is 13.6. The van der Waals surface area contributed by atoms with Gasteiger partial charge in [0.25, 0.3) is 0 Å². The van der Waals surface area contributed by atoms with Gasteiger partial charge in [-0.2, -0.15) is 0 Å². The third-order valence-corrected chi connectivity index (χ3v) is 5.73. The van der Waals surface area contributed by atoms with Crippen molar-refractivity contribution in [3.05, 3.63) is 68.8 Å². The zero-order valence-corrected chi connectivity index (χ0v) is 18.1. The van der Waals surface area contributed by atoms with Gasteiger partial charge >= 0.3 is 0 Å². The van der Waals surface area contributed by atoms with Crippen molar-refractivity contribution in [1.82, 2.24) is 0 Å². The number of ether oxygens (including phenoxy) is 1. The number of nitrogens with one attached hydrogen (secondary N) is 1. The molecule has 4 rings (SSSR count). The molecule has 1 aromatic heterocycles. The molecular formula is C21H19BrCl2N2O2. The smallest absolute Gasteiger partial charge is 0.135 e. The third-order valence-electron chi connectivity index (χ3n) is 4.62. The van der Waals surface area contributed by atoms with Crippen LogP contribution >= 0.6 is 39.1 Å². The van der Waals surface area contributed by atoms with Crippen LogP contribution in [0, 0.1) is 0 Å². The molecule has 146 valence electrons. The minimum atomic E-state index is 0.557. The number of anilines is 2. The zero-order chi connectivity index (χ0) is 19.5. The predicted molar refractivity (Wildman–Crippen MR) is 119 cm³/mol. The van der Waals surface area contributed by atoms with Gasteiger partial charge in [-0.15, -0.1) is 0 Å². The van der Waals surface area contributed by atoms with Crippen LogP contribution in [-0.4, -0.2) is 26.3 Å². The molecule has 1 saturated heterocycles. The van der Waals surface area contributed by atoms with Gasteiger partial charge in [-0.1, -0.05) is 39.1 Å². The highest BCUT2D eigenvalue weighted by Crippen LogP contribution is 2.32. The van der Waals surface area contributed by atoms with Crippen LogP contribution in [-0.2, 0) is 11.3 Å². The van der Waals surface area contributed by atoms with E-state index in [9.17, 15) is 0 Å². The molecular weight excluding hydrogens is 463 g/mol. The Balaban J connectivity index is 1.42. The molecule has 1 N–H and O–H groups in total. The molecule has 0 amide bonds. The molecule has 0 aliphatic carbocycles. The Morgan fingerprint density at radius 1 is 0.964 bits per heavy atom. The van der Waals surface area contributed by atoms with Crippen LogP contribution in [0.3, 0.4) is 0 Å². The van der Waals surface area contributed by atoms with Crippen LogP contribution in [0.15, 0.2) is 57.4 Å². The Bertz CT molecular complexity index is 971. The van der Waals surface area contributed by atoms with Gasteiger partial charge in [0, 0.05) is 28.8 Å². The number of nitrogens with zero attached hydrogens (tertiary/aromatic N) is 1. The van der Waals surface area contributed by atoms with E-state index in [1.54, 1.807) is 0 Å². The lowest BCUT2D eigenvalue weighted by Crippen LogP contribution is -2.36. The molecule has 0 unspecified atom stereocenters. The topological polar surface area (TPSA) is 37.6 Å². The molecule has 1 fully saturated rings. The van der Waals surface area contributed by atoms with Crippen LogP contribution in [0.4, 0.5) is 11.4 Å². The Kier molecular flexibility index (Phi) is 6.16. The molecule has 0 radical (unpaired) electrons. The normalized spacial score (nSPS) is 14.3. The molecule has 0 bridgehead atoms. The summed E-state index contributed by atoms with van der Waals surface area (Å²) < 4.78 is 12.3. The second-order valence-electron chi connectivity index (χ2n) is 6.51. The average molecular weight is 482 g/mol. The molecule has 3 aromatic rings. The van der Waals surface area contributed by atoms with Crippen molar-refractivity contribution in [2.24, 2.45) is 0 Å². The summed E-state index contributed by atoms with van der Waals surface area (Å²) in [7, 11) is 0. The van der Waals surface area contributed by atoms with E-state index in [4.69, 9.17) is 32.4 Å². The number of hydrogen-bond acceptors (Lipinski definition) is 4. The third kappa shape index (κ3) is 4.49. The largest absolute Gasteiger partial charge is 0.459 e. The lowest BCUT2D eigenvalue weighted by atomic mass is 10.2. The van der Waals surface area contributed by atoms with Crippen molar-refractivity contribution in [2.45, 2.75) is 6.54 Å². The van der Waals surface area contributed by atoms with Crippen molar-refractivity contribution in [1.29, 1.82) is 0 Å². The number of hydrogen-bond donors (Lipinski definition) is 1. The van der Waals surface area contributed by atoms with Crippen LogP contribution in [0.1, 0.15) is 5.76 Å². The van der Waals surface area contributed by atoms with Gasteiger partial charge in [0.15, 0.2) is 0 Å². The van der Waals surface area contributed by atoms with Crippen LogP contribution in [0.2, 0.25) is 10.0 Å². The highest BCUT2D eigenvalue weighted by Gasteiger charge is 2.14. The van der Waals surface area contributed by atoms with Crippen molar-refractivity contribution < 1.29 is 9.15 Å². The maximum atomic E-state index is 6.49. The fourth-order valence-corrected chi connectivity index (χ4v) is 4.24. The van der Waals surface area contributed by atoms with Crippen LogP contribution in [0.25, 0.3) is 11.3 Å². The summed E-state index contributed by atoms with van der Waals surface area (Å²) in [4.78, 5) is 2.25. The van der Waals surface area contributed by atoms with E-state index in [-0.39, 0.29) is 0 Å². The number of halogens is 3. The van der Waals surface area contributed by atoms with Gasteiger partial charge in [0.1, 0.15) is 11.5 Å². The summed E-state index contributed by atoms with van der Waals surface area (Å²) in [6.07, 6.45) is 0. The molecule has 0 atom stereocenters. The SMILES string of the molecule is Clc1cc(Br)ccc1-c1ccc(CNc2ccc(N3CCOCC3)c(Cl)c2)o1. The summed E-state index contributed by atoms with van der Waals surface area (Å²) in [5.74, 6) is 1.57. The standard InChI is InChI=1S/C21H19BrCl2N2O2/c22-14-1-4-17(18(23)11-14)21-6-3-16(28-21)13-25-15-2-5-20(19(24)12-15)26-7-9-27-10-8-26/h1-6,11-12,25H,7-10,13H2. The quantitative estimate of drug-likeness (QED) is 0.453. The number of morpholine rings is 1. The molecule has 0 spiro atoms. The number of furan rings is 1. The molecule has 7 heteroatoms. The van der Waals surface area contributed by atoms with Crippen molar-refractivity contribution >= 4 is 50.5 Å². The van der Waals surface area contributed by atoms with Gasteiger partial charge in [0.2, 0.25) is 0 Å². The molecule has 2 heterocycles. The van der Waals surface area contributed by atoms with Gasteiger partial charge < -0.3 is 19.4 Å². The van der Waals surface area contributed by atoms with E-state index < -0.39 is 0 Å². The predicted octanol–water partition coefficient (Wildman–Crippen LogP) is 6.46. The van der Waals surface area contributed by atoms with Crippen molar-refractivity contribution in [3.8, 4) is 11.3 Å². The first-order valence-corrected chi connectivity index (χ1v) is 10.6. The Labute approximate surface area is 182 Å². The molecule has 2 aromatic carbocycles. The Morgan fingerprint density at radius 2 is 1.79 bits per heavy atom. The summed E-state index contributed by atoms with van der Waals surface area (Å²) in [5.41, 5.74) is 2.86. The van der Waals surface area contributed by atoms with Crippen molar-refractivity contribution in [3.63, 3.8) is 0 Å². The second-order valence-corrected chi connectivity index (χ2v) is 8.24. The van der Waals surface area contributed by atoms with Crippen LogP contribution in [0.5, 0.6) is 0 Å². The van der Waals surface area contributed by atoms with Gasteiger partial charge in [-0.25, -0.2) is 0 Å². The van der Waals surface area contributed by atoms with Gasteiger partial charge in [0.05, 0.1) is 35.5 Å². The summed E-state index contributed by atoms with van der Waals surface area (Å²) >= 11 is 16.2. The molecule has 1 aliphatic heterocycles. The molecule has 28 heavy (non-hydrogen) atoms. The maximum absolute atomic E-state index is 6.49. The minimum absolute atomic E-state index is 0.557. The first-order valence-electron chi connectivity index (χ1n) is 9.00. The van der Waals surface area contributed by atoms with Gasteiger partial charge in [-0.3, -0.25) is 0 Å². The van der Waals surface area contributed by atoms with E-state index in [1.807, 2.05) is 48.5 Å². The highest BCUT2D eigenvalue weighted by molar-refractivity contribution is 9.10. The average Bonchev–Trinajstić information content (AvgIpc) is 3.16. The Morgan fingerprint density at radius 3 is 2.54 bits per heavy atom. The molecule has 1 aliphatic rings. The first kappa shape index (κ1) is 19.6. The Hall–Kier alpha value is -1.66. The highest BCUT2D eigenvalue weighted by atomic mass is 79.9. The second kappa shape index (κ2) is 8.78. The van der Waals surface area contributed by atoms with E-state index in [1.165, 1.54) is 0 Å². The van der Waals surface area contributed by atoms with E-state index in [2.05, 4.69) is 26.1 Å². The monoisotopic (exact) mass is 480 g/mol. The minimum Gasteiger partial charge on any atom is -0.459 e. The number of rotatable bonds is 5. The number of benzene rings is 2. The van der Waals surface area contributed by atoms with E-state index in [0.717, 1.165) is 64.3 Å². The lowest BCUT2D eigenvalue weighted by molar-refractivity contribution is 0.122. The van der Waals surface area contributed by atoms with Gasteiger partial charge in [-0.05, 0) is 48.5 Å².